The summed E-state index contributed by atoms with van der Waals surface area (Å²) < 4.78 is 0. The van der Waals surface area contributed by atoms with E-state index in [1.54, 1.807) is 0 Å². The molecule has 1 N–H and O–H groups in total. The maximum absolute atomic E-state index is 11.6. The molecule has 190 valence electrons. The Labute approximate surface area is 201 Å². The second-order valence-corrected chi connectivity index (χ2v) is 10.6. The van der Waals surface area contributed by atoms with Gasteiger partial charge in [0.1, 0.15) is 6.04 Å². The molecular formula is C29H57NO2. The van der Waals surface area contributed by atoms with Gasteiger partial charge in [-0.1, -0.05) is 129 Å². The lowest BCUT2D eigenvalue weighted by Gasteiger charge is -2.27. The van der Waals surface area contributed by atoms with E-state index in [0.29, 0.717) is 5.92 Å². The predicted octanol–water partition coefficient (Wildman–Crippen LogP) is 8.99. The van der Waals surface area contributed by atoms with Crippen LogP contribution < -0.4 is 0 Å². The number of nitrogens with zero attached hydrogens (tertiary/aromatic N) is 1. The van der Waals surface area contributed by atoms with Gasteiger partial charge in [0.05, 0.1) is 0 Å². The van der Waals surface area contributed by atoms with Gasteiger partial charge < -0.3 is 5.11 Å². The summed E-state index contributed by atoms with van der Waals surface area (Å²) in [5.74, 6) is 0.0938. The molecule has 2 atom stereocenters. The molecule has 3 heteroatoms. The highest BCUT2D eigenvalue weighted by molar-refractivity contribution is 5.73. The number of rotatable bonds is 23. The van der Waals surface area contributed by atoms with Gasteiger partial charge in [-0.2, -0.15) is 0 Å². The Morgan fingerprint density at radius 2 is 1.12 bits per heavy atom. The Balaban J connectivity index is 2.22. The zero-order valence-electron chi connectivity index (χ0n) is 21.9. The molecule has 0 aromatic heterocycles. The van der Waals surface area contributed by atoms with Crippen LogP contribution in [-0.2, 0) is 4.79 Å². The number of carboxylic acids is 1. The van der Waals surface area contributed by atoms with Crippen LogP contribution >= 0.6 is 0 Å². The van der Waals surface area contributed by atoms with Gasteiger partial charge in [0.25, 0.3) is 0 Å². The highest BCUT2D eigenvalue weighted by Gasteiger charge is 2.31. The molecule has 1 fully saturated rings. The van der Waals surface area contributed by atoms with Crippen molar-refractivity contribution in [3.05, 3.63) is 0 Å². The van der Waals surface area contributed by atoms with Crippen LogP contribution in [0.5, 0.6) is 0 Å². The molecule has 0 saturated carbocycles. The number of unbranched alkanes of at least 4 members (excludes halogenated alkanes) is 16. The third kappa shape index (κ3) is 15.3. The molecule has 1 unspecified atom stereocenters. The van der Waals surface area contributed by atoms with Crippen molar-refractivity contribution in [3.8, 4) is 0 Å². The Hall–Kier alpha value is -0.570. The number of carboxylic acid groups (broad SMARTS) is 1. The Morgan fingerprint density at radius 3 is 1.53 bits per heavy atom. The van der Waals surface area contributed by atoms with Crippen LogP contribution in [0.3, 0.4) is 0 Å². The maximum atomic E-state index is 11.6. The number of aliphatic carboxylic acids is 1. The van der Waals surface area contributed by atoms with Crippen molar-refractivity contribution in [2.24, 2.45) is 5.92 Å². The normalized spacial score (nSPS) is 17.8. The molecule has 3 nitrogen and oxygen atoms in total. The van der Waals surface area contributed by atoms with Gasteiger partial charge in [-0.05, 0) is 38.1 Å². The van der Waals surface area contributed by atoms with E-state index in [1.165, 1.54) is 128 Å². The molecule has 0 aromatic rings. The van der Waals surface area contributed by atoms with Gasteiger partial charge in [-0.25, -0.2) is 0 Å². The first-order valence-corrected chi connectivity index (χ1v) is 14.7. The van der Waals surface area contributed by atoms with Gasteiger partial charge >= 0.3 is 5.97 Å². The fourth-order valence-corrected chi connectivity index (χ4v) is 5.47. The zero-order valence-corrected chi connectivity index (χ0v) is 21.9. The Bertz CT molecular complexity index is 425. The molecule has 0 radical (unpaired) electrons. The van der Waals surface area contributed by atoms with Gasteiger partial charge in [0, 0.05) is 6.54 Å². The fraction of sp³-hybridized carbons (Fsp3) is 0.966. The molecule has 0 bridgehead atoms. The summed E-state index contributed by atoms with van der Waals surface area (Å²) in [5, 5.41) is 9.55. The van der Waals surface area contributed by atoms with Crippen molar-refractivity contribution < 1.29 is 9.90 Å². The molecule has 1 rings (SSSR count). The molecule has 1 heterocycles. The van der Waals surface area contributed by atoms with Crippen LogP contribution in [0.1, 0.15) is 155 Å². The fourth-order valence-electron chi connectivity index (χ4n) is 5.47. The largest absolute Gasteiger partial charge is 0.480 e. The number of hydrogen-bond acceptors (Lipinski definition) is 2. The van der Waals surface area contributed by atoms with Crippen molar-refractivity contribution >= 4 is 5.97 Å². The summed E-state index contributed by atoms with van der Waals surface area (Å²) in [5.41, 5.74) is 0. The molecule has 32 heavy (non-hydrogen) atoms. The third-order valence-corrected chi connectivity index (χ3v) is 7.57. The van der Waals surface area contributed by atoms with Crippen molar-refractivity contribution in [1.82, 2.24) is 4.90 Å². The number of hydrogen-bond donors (Lipinski definition) is 1. The van der Waals surface area contributed by atoms with Crippen LogP contribution in [0.4, 0.5) is 0 Å². The molecule has 1 aliphatic heterocycles. The van der Waals surface area contributed by atoms with Gasteiger partial charge in [0.15, 0.2) is 0 Å². The quantitative estimate of drug-likeness (QED) is 0.158. The van der Waals surface area contributed by atoms with Crippen LogP contribution in [0.15, 0.2) is 0 Å². The lowest BCUT2D eigenvalue weighted by molar-refractivity contribution is -0.142. The Morgan fingerprint density at radius 1 is 0.719 bits per heavy atom. The van der Waals surface area contributed by atoms with E-state index >= 15 is 0 Å². The van der Waals surface area contributed by atoms with Gasteiger partial charge in [-0.15, -0.1) is 0 Å². The average Bonchev–Trinajstić information content (AvgIpc) is 3.25. The average molecular weight is 452 g/mol. The highest BCUT2D eigenvalue weighted by atomic mass is 16.4. The lowest BCUT2D eigenvalue weighted by Crippen LogP contribution is -2.39. The molecular weight excluding hydrogens is 394 g/mol. The monoisotopic (exact) mass is 451 g/mol. The molecule has 0 aromatic carbocycles. The van der Waals surface area contributed by atoms with E-state index in [2.05, 4.69) is 18.7 Å². The van der Waals surface area contributed by atoms with Crippen LogP contribution in [0, 0.1) is 5.92 Å². The predicted molar refractivity (Wildman–Crippen MR) is 139 cm³/mol. The first kappa shape index (κ1) is 29.5. The minimum Gasteiger partial charge on any atom is -0.480 e. The number of likely N-dealkylation sites (tertiary alicyclic amines) is 1. The molecule has 0 aliphatic carbocycles. The summed E-state index contributed by atoms with van der Waals surface area (Å²) in [7, 11) is 0. The van der Waals surface area contributed by atoms with Crippen molar-refractivity contribution in [1.29, 1.82) is 0 Å². The molecule has 0 spiro atoms. The van der Waals surface area contributed by atoms with E-state index in [9.17, 15) is 9.90 Å². The second-order valence-electron chi connectivity index (χ2n) is 10.6. The van der Waals surface area contributed by atoms with E-state index in [-0.39, 0.29) is 6.04 Å². The molecule has 0 amide bonds. The summed E-state index contributed by atoms with van der Waals surface area (Å²) in [6.07, 6.45) is 29.4. The maximum Gasteiger partial charge on any atom is 0.320 e. The van der Waals surface area contributed by atoms with Crippen molar-refractivity contribution in [3.63, 3.8) is 0 Å². The van der Waals surface area contributed by atoms with Crippen LogP contribution in [0.2, 0.25) is 0 Å². The van der Waals surface area contributed by atoms with Gasteiger partial charge in [0.2, 0.25) is 0 Å². The van der Waals surface area contributed by atoms with E-state index in [0.717, 1.165) is 25.9 Å². The van der Waals surface area contributed by atoms with Crippen molar-refractivity contribution in [2.45, 2.75) is 161 Å². The third-order valence-electron chi connectivity index (χ3n) is 7.57. The summed E-state index contributed by atoms with van der Waals surface area (Å²) >= 11 is 0. The van der Waals surface area contributed by atoms with Crippen LogP contribution in [0.25, 0.3) is 0 Å². The minimum absolute atomic E-state index is 0.219. The Kier molecular flexibility index (Phi) is 19.3. The van der Waals surface area contributed by atoms with Crippen molar-refractivity contribution in [2.75, 3.05) is 13.1 Å². The van der Waals surface area contributed by atoms with E-state index < -0.39 is 5.97 Å². The number of carbonyl (C=O) groups is 1. The molecule has 1 saturated heterocycles. The summed E-state index contributed by atoms with van der Waals surface area (Å²) in [6.45, 7) is 6.57. The second kappa shape index (κ2) is 21.0. The van der Waals surface area contributed by atoms with Crippen LogP contribution in [-0.4, -0.2) is 35.1 Å². The van der Waals surface area contributed by atoms with E-state index in [4.69, 9.17) is 0 Å². The first-order chi connectivity index (χ1) is 15.7. The smallest absolute Gasteiger partial charge is 0.320 e. The zero-order chi connectivity index (χ0) is 23.3. The SMILES string of the molecule is CCCCCCCCCCCCC(CCCCCCCCCC)CN1CCC[C@H]1C(=O)O. The molecule has 1 aliphatic rings. The highest BCUT2D eigenvalue weighted by Crippen LogP contribution is 2.25. The standard InChI is InChI=1S/C29H57NO2/c1-3-5-7-9-11-13-14-16-18-20-23-27(22-19-17-15-12-10-8-6-4-2)26-30-25-21-24-28(30)29(31)32/h27-28H,3-26H2,1-2H3,(H,31,32)/t27?,28-/m0/s1. The summed E-state index contributed by atoms with van der Waals surface area (Å²) in [4.78, 5) is 13.9. The minimum atomic E-state index is -0.604. The topological polar surface area (TPSA) is 40.5 Å². The van der Waals surface area contributed by atoms with E-state index in [1.807, 2.05) is 0 Å². The summed E-state index contributed by atoms with van der Waals surface area (Å²) in [6, 6.07) is -0.219. The lowest BCUT2D eigenvalue weighted by atomic mass is 9.93. The first-order valence-electron chi connectivity index (χ1n) is 14.7. The van der Waals surface area contributed by atoms with Gasteiger partial charge in [-0.3, -0.25) is 9.69 Å².